The van der Waals surface area contributed by atoms with Gasteiger partial charge in [-0.2, -0.15) is 12.8 Å². The summed E-state index contributed by atoms with van der Waals surface area (Å²) >= 11 is 3.79. The second kappa shape index (κ2) is 14.5. The average molecular weight is 629 g/mol. The van der Waals surface area contributed by atoms with Gasteiger partial charge in [-0.3, -0.25) is 14.7 Å². The van der Waals surface area contributed by atoms with Gasteiger partial charge in [0.2, 0.25) is 5.88 Å². The van der Waals surface area contributed by atoms with Crippen molar-refractivity contribution in [2.45, 2.75) is 32.3 Å². The molecular formula is C21H28BrF2N5O6S2. The summed E-state index contributed by atoms with van der Waals surface area (Å²) in [7, 11) is -3.67. The Kier molecular flexibility index (Phi) is 12.1. The normalized spacial score (nSPS) is 13.5. The van der Waals surface area contributed by atoms with Gasteiger partial charge in [0.25, 0.3) is 16.0 Å². The summed E-state index contributed by atoms with van der Waals surface area (Å²) in [5.41, 5.74) is 4.92. The van der Waals surface area contributed by atoms with Crippen LogP contribution in [0.2, 0.25) is 0 Å². The fourth-order valence-electron chi connectivity index (χ4n) is 3.34. The van der Waals surface area contributed by atoms with Crippen molar-refractivity contribution < 1.29 is 36.1 Å². The Labute approximate surface area is 225 Å². The third kappa shape index (κ3) is 11.3. The molecule has 3 rings (SSSR count). The van der Waals surface area contributed by atoms with Crippen molar-refractivity contribution in [3.05, 3.63) is 39.4 Å². The van der Waals surface area contributed by atoms with Crippen LogP contribution in [0.25, 0.3) is 0 Å². The predicted octanol–water partition coefficient (Wildman–Crippen LogP) is 3.36. The number of likely N-dealkylation sites (tertiary alicyclic amines) is 1. The lowest BCUT2D eigenvalue weighted by molar-refractivity contribution is 0.0996. The molecule has 0 unspecified atom stereocenters. The monoisotopic (exact) mass is 627 g/mol. The minimum absolute atomic E-state index is 0.0961. The summed E-state index contributed by atoms with van der Waals surface area (Å²) < 4.78 is 63.4. The number of hydrogen-bond acceptors (Lipinski definition) is 8. The molecule has 0 atom stereocenters. The van der Waals surface area contributed by atoms with Gasteiger partial charge in [0.05, 0.1) is 11.8 Å². The maximum Gasteiger partial charge on any atom is 0.319 e. The van der Waals surface area contributed by atoms with Gasteiger partial charge in [0, 0.05) is 11.0 Å². The molecule has 37 heavy (non-hydrogen) atoms. The molecule has 1 fully saturated rings. The zero-order valence-corrected chi connectivity index (χ0v) is 23.1. The van der Waals surface area contributed by atoms with Gasteiger partial charge in [0.1, 0.15) is 28.8 Å². The van der Waals surface area contributed by atoms with E-state index in [2.05, 4.69) is 35.8 Å². The number of nitrogens with one attached hydrogen (secondary N) is 2. The number of carbonyl (C=O) groups excluding carboxylic acids is 2. The van der Waals surface area contributed by atoms with E-state index in [1.807, 2.05) is 0 Å². The highest BCUT2D eigenvalue weighted by molar-refractivity contribution is 9.10. The second-order valence-electron chi connectivity index (χ2n) is 8.06. The molecule has 2 heterocycles. The quantitative estimate of drug-likeness (QED) is 0.230. The number of nitrogens with two attached hydrogens (primary N) is 1. The molecule has 1 aliphatic heterocycles. The predicted molar refractivity (Wildman–Crippen MR) is 138 cm³/mol. The van der Waals surface area contributed by atoms with E-state index in [0.29, 0.717) is 12.8 Å². The standard InChI is InChI=1S/C20H24BrF2N5O3S.CH4O3S/c21-12-9-14(22)13(15(23)10-12)11-31-18-16(17(24)29)19(32-27-18)26-20(30)25-5-1-2-6-28-7-3-4-8-28;1-5(2,3)4/h9-10H,1-8,11H2,(H2,24,29)(H2,25,26,30);1H3,(H,2,3,4). The Morgan fingerprint density at radius 3 is 2.41 bits per heavy atom. The molecule has 0 radical (unpaired) electrons. The van der Waals surface area contributed by atoms with Crippen LogP contribution in [0.3, 0.4) is 0 Å². The van der Waals surface area contributed by atoms with Crippen LogP contribution in [0.5, 0.6) is 5.88 Å². The SMILES string of the molecule is CS(=O)(=O)O.NC(=O)c1c(OCc2c(F)cc(Br)cc2F)nsc1NC(=O)NCCCCN1CCCC1. The van der Waals surface area contributed by atoms with E-state index in [1.54, 1.807) is 0 Å². The molecule has 0 saturated carbocycles. The lowest BCUT2D eigenvalue weighted by Gasteiger charge is -2.14. The lowest BCUT2D eigenvalue weighted by atomic mass is 10.2. The van der Waals surface area contributed by atoms with Gasteiger partial charge in [0.15, 0.2) is 0 Å². The van der Waals surface area contributed by atoms with Gasteiger partial charge in [-0.1, -0.05) is 15.9 Å². The van der Waals surface area contributed by atoms with E-state index in [-0.39, 0.29) is 26.5 Å². The number of hydrogen-bond donors (Lipinski definition) is 4. The fraction of sp³-hybridized carbons (Fsp3) is 0.476. The highest BCUT2D eigenvalue weighted by Gasteiger charge is 2.23. The first-order valence-electron chi connectivity index (χ1n) is 11.1. The molecule has 5 N–H and O–H groups in total. The van der Waals surface area contributed by atoms with Crippen LogP contribution in [0, 0.1) is 11.6 Å². The maximum atomic E-state index is 14.0. The van der Waals surface area contributed by atoms with Crippen LogP contribution in [-0.4, -0.2) is 66.6 Å². The van der Waals surface area contributed by atoms with E-state index in [1.165, 1.54) is 12.8 Å². The third-order valence-electron chi connectivity index (χ3n) is 4.98. The first-order chi connectivity index (χ1) is 17.3. The molecule has 0 spiro atoms. The van der Waals surface area contributed by atoms with Crippen LogP contribution in [-0.2, 0) is 16.7 Å². The highest BCUT2D eigenvalue weighted by Crippen LogP contribution is 2.31. The summed E-state index contributed by atoms with van der Waals surface area (Å²) in [5, 5.41) is 5.35. The van der Waals surface area contributed by atoms with E-state index in [9.17, 15) is 26.8 Å². The van der Waals surface area contributed by atoms with Crippen molar-refractivity contribution in [1.82, 2.24) is 14.6 Å². The molecule has 2 aromatic rings. The number of amides is 3. The van der Waals surface area contributed by atoms with Crippen molar-refractivity contribution in [2.75, 3.05) is 37.8 Å². The van der Waals surface area contributed by atoms with Crippen molar-refractivity contribution in [2.24, 2.45) is 5.73 Å². The first kappa shape index (κ1) is 30.8. The Bertz CT molecular complexity index is 1160. The molecule has 1 saturated heterocycles. The summed E-state index contributed by atoms with van der Waals surface area (Å²) in [5.74, 6) is -2.71. The summed E-state index contributed by atoms with van der Waals surface area (Å²) in [6.45, 7) is 3.28. The third-order valence-corrected chi connectivity index (χ3v) is 6.18. The van der Waals surface area contributed by atoms with Gasteiger partial charge in [-0.05, 0) is 69.0 Å². The van der Waals surface area contributed by atoms with Gasteiger partial charge < -0.3 is 20.7 Å². The minimum atomic E-state index is -3.67. The number of carbonyl (C=O) groups is 2. The number of anilines is 1. The summed E-state index contributed by atoms with van der Waals surface area (Å²) in [6, 6.07) is 1.69. The number of unbranched alkanes of at least 4 members (excludes halogenated alkanes) is 1. The van der Waals surface area contributed by atoms with Crippen LogP contribution >= 0.6 is 27.5 Å². The molecule has 11 nitrogen and oxygen atoms in total. The summed E-state index contributed by atoms with van der Waals surface area (Å²) in [6.07, 6.45) is 5.02. The number of aromatic nitrogens is 1. The summed E-state index contributed by atoms with van der Waals surface area (Å²) in [4.78, 5) is 26.5. The topological polar surface area (TPSA) is 164 Å². The smallest absolute Gasteiger partial charge is 0.319 e. The van der Waals surface area contributed by atoms with Gasteiger partial charge in [-0.15, -0.1) is 0 Å². The molecule has 1 aliphatic rings. The van der Waals surface area contributed by atoms with Crippen molar-refractivity contribution in [1.29, 1.82) is 0 Å². The molecular weight excluding hydrogens is 600 g/mol. The molecule has 16 heteroatoms. The van der Waals surface area contributed by atoms with E-state index < -0.39 is 40.3 Å². The number of nitrogens with zero attached hydrogens (tertiary/aromatic N) is 2. The van der Waals surface area contributed by atoms with Gasteiger partial charge in [-0.25, -0.2) is 13.6 Å². The Morgan fingerprint density at radius 2 is 1.84 bits per heavy atom. The molecule has 1 aromatic heterocycles. The Balaban J connectivity index is 0.000000877. The van der Waals surface area contributed by atoms with Crippen LogP contribution in [0.15, 0.2) is 16.6 Å². The Hall–Kier alpha value is -2.40. The van der Waals surface area contributed by atoms with Crippen molar-refractivity contribution in [3.8, 4) is 5.88 Å². The molecule has 206 valence electrons. The lowest BCUT2D eigenvalue weighted by Crippen LogP contribution is -2.30. The zero-order chi connectivity index (χ0) is 27.6. The number of rotatable bonds is 10. The largest absolute Gasteiger partial charge is 0.471 e. The average Bonchev–Trinajstić information content (AvgIpc) is 3.41. The number of primary amides is 1. The molecule has 3 amide bonds. The minimum Gasteiger partial charge on any atom is -0.471 e. The highest BCUT2D eigenvalue weighted by atomic mass is 79.9. The molecule has 0 bridgehead atoms. The van der Waals surface area contributed by atoms with Gasteiger partial charge >= 0.3 is 6.03 Å². The van der Waals surface area contributed by atoms with Crippen molar-refractivity contribution in [3.63, 3.8) is 0 Å². The van der Waals surface area contributed by atoms with E-state index in [4.69, 9.17) is 15.0 Å². The second-order valence-corrected chi connectivity index (χ2v) is 11.2. The Morgan fingerprint density at radius 1 is 1.24 bits per heavy atom. The maximum absolute atomic E-state index is 14.0. The van der Waals surface area contributed by atoms with Crippen LogP contribution < -0.4 is 21.1 Å². The number of benzene rings is 1. The first-order valence-corrected chi connectivity index (χ1v) is 14.5. The number of halogens is 3. The number of urea groups is 1. The van der Waals surface area contributed by atoms with Crippen LogP contribution in [0.1, 0.15) is 41.6 Å². The molecule has 1 aromatic carbocycles. The van der Waals surface area contributed by atoms with Crippen molar-refractivity contribution >= 4 is 54.5 Å². The van der Waals surface area contributed by atoms with E-state index in [0.717, 1.165) is 56.1 Å². The zero-order valence-electron chi connectivity index (χ0n) is 19.9. The number of ether oxygens (including phenoxy) is 1. The van der Waals surface area contributed by atoms with E-state index >= 15 is 0 Å². The molecule has 0 aliphatic carbocycles. The van der Waals surface area contributed by atoms with Crippen LogP contribution in [0.4, 0.5) is 18.6 Å². The fourth-order valence-corrected chi connectivity index (χ4v) is 4.48.